The van der Waals surface area contributed by atoms with Crippen LogP contribution >= 0.6 is 0 Å². The van der Waals surface area contributed by atoms with E-state index in [2.05, 4.69) is 31.0 Å². The summed E-state index contributed by atoms with van der Waals surface area (Å²) in [6, 6.07) is 8.69. The third-order valence-electron chi connectivity index (χ3n) is 3.92. The number of para-hydroxylation sites is 1. The van der Waals surface area contributed by atoms with Gasteiger partial charge in [0.2, 0.25) is 0 Å². The van der Waals surface area contributed by atoms with Gasteiger partial charge < -0.3 is 14.8 Å². The van der Waals surface area contributed by atoms with E-state index in [9.17, 15) is 0 Å². The quantitative estimate of drug-likeness (QED) is 0.775. The third kappa shape index (κ3) is 4.36. The maximum Gasteiger partial charge on any atom is 0.124 e. The first kappa shape index (κ1) is 15.1. The van der Waals surface area contributed by atoms with Crippen molar-refractivity contribution < 1.29 is 9.47 Å². The van der Waals surface area contributed by atoms with E-state index in [1.807, 2.05) is 12.1 Å². The van der Waals surface area contributed by atoms with Crippen LogP contribution < -0.4 is 10.1 Å². The molecule has 1 heterocycles. The van der Waals surface area contributed by atoms with Crippen molar-refractivity contribution in [2.45, 2.75) is 32.4 Å². The van der Waals surface area contributed by atoms with Gasteiger partial charge in [0.15, 0.2) is 0 Å². The van der Waals surface area contributed by atoms with Crippen LogP contribution in [0, 0.1) is 5.92 Å². The molecule has 0 aromatic heterocycles. The first-order valence-electron chi connectivity index (χ1n) is 7.44. The Bertz CT molecular complexity index is 413. The van der Waals surface area contributed by atoms with Crippen LogP contribution in [0.15, 0.2) is 36.9 Å². The zero-order valence-electron chi connectivity index (χ0n) is 12.3. The Morgan fingerprint density at radius 1 is 1.40 bits per heavy atom. The summed E-state index contributed by atoms with van der Waals surface area (Å²) in [4.78, 5) is 0. The molecule has 1 unspecified atom stereocenters. The second-order valence-electron chi connectivity index (χ2n) is 5.33. The minimum absolute atomic E-state index is 0.506. The Hall–Kier alpha value is -1.32. The zero-order chi connectivity index (χ0) is 14.2. The van der Waals surface area contributed by atoms with Crippen molar-refractivity contribution >= 4 is 0 Å². The van der Waals surface area contributed by atoms with E-state index in [0.717, 1.165) is 38.3 Å². The van der Waals surface area contributed by atoms with Gasteiger partial charge in [0.25, 0.3) is 0 Å². The molecule has 1 atom stereocenters. The number of benzene rings is 1. The molecule has 1 N–H and O–H groups in total. The van der Waals surface area contributed by atoms with Crippen molar-refractivity contribution in [2.24, 2.45) is 5.92 Å². The summed E-state index contributed by atoms with van der Waals surface area (Å²) in [5.41, 5.74) is 1.20. The Kier molecular flexibility index (Phi) is 6.09. The zero-order valence-corrected chi connectivity index (χ0v) is 12.3. The van der Waals surface area contributed by atoms with Gasteiger partial charge in [-0.15, -0.1) is 0 Å². The Morgan fingerprint density at radius 3 is 2.90 bits per heavy atom. The summed E-state index contributed by atoms with van der Waals surface area (Å²) in [6.45, 7) is 9.14. The molecule has 1 aromatic carbocycles. The summed E-state index contributed by atoms with van der Waals surface area (Å²) < 4.78 is 11.1. The minimum atomic E-state index is 0.506. The van der Waals surface area contributed by atoms with Gasteiger partial charge in [-0.05, 0) is 31.7 Å². The standard InChI is InChI=1S/C17H25NO2/c1-3-10-20-17-7-5-4-6-16(17)13-18-14(2)15-8-11-19-12-9-15/h3-7,14-15,18H,1,8-13H2,2H3. The first-order valence-corrected chi connectivity index (χ1v) is 7.44. The van der Waals surface area contributed by atoms with Crippen molar-refractivity contribution in [3.8, 4) is 5.75 Å². The van der Waals surface area contributed by atoms with E-state index >= 15 is 0 Å². The molecule has 0 bridgehead atoms. The van der Waals surface area contributed by atoms with Gasteiger partial charge in [-0.2, -0.15) is 0 Å². The molecule has 2 rings (SSSR count). The van der Waals surface area contributed by atoms with Crippen LogP contribution in [0.25, 0.3) is 0 Å². The molecule has 1 fully saturated rings. The van der Waals surface area contributed by atoms with Gasteiger partial charge in [-0.1, -0.05) is 30.9 Å². The normalized spacial score (nSPS) is 17.6. The summed E-state index contributed by atoms with van der Waals surface area (Å²) in [5, 5.41) is 3.62. The second-order valence-corrected chi connectivity index (χ2v) is 5.33. The van der Waals surface area contributed by atoms with Gasteiger partial charge in [-0.3, -0.25) is 0 Å². The summed E-state index contributed by atoms with van der Waals surface area (Å²) in [6.07, 6.45) is 4.08. The van der Waals surface area contributed by atoms with Crippen molar-refractivity contribution in [1.29, 1.82) is 0 Å². The molecule has 1 aromatic rings. The van der Waals surface area contributed by atoms with E-state index < -0.39 is 0 Å². The van der Waals surface area contributed by atoms with Gasteiger partial charge in [0.05, 0.1) is 0 Å². The van der Waals surface area contributed by atoms with Crippen LogP contribution in [0.1, 0.15) is 25.3 Å². The van der Waals surface area contributed by atoms with E-state index in [4.69, 9.17) is 9.47 Å². The van der Waals surface area contributed by atoms with Crippen molar-refractivity contribution in [2.75, 3.05) is 19.8 Å². The van der Waals surface area contributed by atoms with Crippen LogP contribution in [0.2, 0.25) is 0 Å². The average molecular weight is 275 g/mol. The van der Waals surface area contributed by atoms with Crippen molar-refractivity contribution in [1.82, 2.24) is 5.32 Å². The van der Waals surface area contributed by atoms with Crippen LogP contribution in [0.4, 0.5) is 0 Å². The largest absolute Gasteiger partial charge is 0.489 e. The molecule has 0 spiro atoms. The maximum absolute atomic E-state index is 5.69. The number of hydrogen-bond donors (Lipinski definition) is 1. The van der Waals surface area contributed by atoms with Gasteiger partial charge in [-0.25, -0.2) is 0 Å². The monoisotopic (exact) mass is 275 g/mol. The molecule has 110 valence electrons. The molecule has 1 saturated heterocycles. The molecule has 1 aliphatic rings. The maximum atomic E-state index is 5.69. The lowest BCUT2D eigenvalue weighted by Crippen LogP contribution is -2.36. The molecule has 0 aliphatic carbocycles. The molecule has 20 heavy (non-hydrogen) atoms. The smallest absolute Gasteiger partial charge is 0.124 e. The van der Waals surface area contributed by atoms with Crippen LogP contribution in [-0.4, -0.2) is 25.9 Å². The molecular formula is C17H25NO2. The molecule has 0 saturated carbocycles. The number of hydrogen-bond acceptors (Lipinski definition) is 3. The average Bonchev–Trinajstić information content (AvgIpc) is 2.52. The fraction of sp³-hybridized carbons (Fsp3) is 0.529. The Morgan fingerprint density at radius 2 is 2.15 bits per heavy atom. The van der Waals surface area contributed by atoms with Gasteiger partial charge >= 0.3 is 0 Å². The SMILES string of the molecule is C=CCOc1ccccc1CNC(C)C1CCOCC1. The molecule has 0 radical (unpaired) electrons. The summed E-state index contributed by atoms with van der Waals surface area (Å²) >= 11 is 0. The highest BCUT2D eigenvalue weighted by molar-refractivity contribution is 5.33. The van der Waals surface area contributed by atoms with Gasteiger partial charge in [0.1, 0.15) is 12.4 Å². The second kappa shape index (κ2) is 8.08. The fourth-order valence-electron chi connectivity index (χ4n) is 2.59. The first-order chi connectivity index (χ1) is 9.81. The van der Waals surface area contributed by atoms with Crippen molar-refractivity contribution in [3.05, 3.63) is 42.5 Å². The molecular weight excluding hydrogens is 250 g/mol. The number of ether oxygens (including phenoxy) is 2. The highest BCUT2D eigenvalue weighted by Gasteiger charge is 2.20. The molecule has 0 amide bonds. The predicted octanol–water partition coefficient (Wildman–Crippen LogP) is 3.16. The Balaban J connectivity index is 1.87. The number of nitrogens with one attached hydrogen (secondary N) is 1. The lowest BCUT2D eigenvalue weighted by atomic mass is 9.93. The third-order valence-corrected chi connectivity index (χ3v) is 3.92. The van der Waals surface area contributed by atoms with Crippen LogP contribution in [0.5, 0.6) is 5.75 Å². The predicted molar refractivity (Wildman–Crippen MR) is 82.0 cm³/mol. The lowest BCUT2D eigenvalue weighted by Gasteiger charge is -2.28. The van der Waals surface area contributed by atoms with Gasteiger partial charge in [0, 0.05) is 31.4 Å². The molecule has 3 heteroatoms. The summed E-state index contributed by atoms with van der Waals surface area (Å²) in [5.74, 6) is 1.66. The lowest BCUT2D eigenvalue weighted by molar-refractivity contribution is 0.0557. The Labute approximate surface area is 122 Å². The van der Waals surface area contributed by atoms with E-state index in [1.165, 1.54) is 5.56 Å². The molecule has 3 nitrogen and oxygen atoms in total. The summed E-state index contributed by atoms with van der Waals surface area (Å²) in [7, 11) is 0. The van der Waals surface area contributed by atoms with E-state index in [1.54, 1.807) is 6.08 Å². The van der Waals surface area contributed by atoms with Crippen LogP contribution in [-0.2, 0) is 11.3 Å². The fourth-order valence-corrected chi connectivity index (χ4v) is 2.59. The van der Waals surface area contributed by atoms with Crippen LogP contribution in [0.3, 0.4) is 0 Å². The van der Waals surface area contributed by atoms with E-state index in [-0.39, 0.29) is 0 Å². The topological polar surface area (TPSA) is 30.5 Å². The van der Waals surface area contributed by atoms with Crippen molar-refractivity contribution in [3.63, 3.8) is 0 Å². The highest BCUT2D eigenvalue weighted by Crippen LogP contribution is 2.21. The molecule has 1 aliphatic heterocycles. The van der Waals surface area contributed by atoms with E-state index in [0.29, 0.717) is 18.6 Å². The minimum Gasteiger partial charge on any atom is -0.489 e. The number of rotatable bonds is 7. The highest BCUT2D eigenvalue weighted by atomic mass is 16.5.